The number of anilines is 1. The van der Waals surface area contributed by atoms with Crippen LogP contribution in [0.3, 0.4) is 0 Å². The van der Waals surface area contributed by atoms with Crippen molar-refractivity contribution in [3.63, 3.8) is 0 Å². The average molecular weight is 570 g/mol. The molecule has 4 atom stereocenters. The summed E-state index contributed by atoms with van der Waals surface area (Å²) in [5, 5.41) is 38.9. The molecule has 11 heteroatoms. The highest BCUT2D eigenvalue weighted by atomic mass is 16.5. The maximum atomic E-state index is 13.8. The van der Waals surface area contributed by atoms with Gasteiger partial charge in [0.2, 0.25) is 11.8 Å². The molecule has 42 heavy (non-hydrogen) atoms. The second-order valence-electron chi connectivity index (χ2n) is 10.8. The molecular formula is C31H31BN2O8. The number of hydrogen-bond donors (Lipinski definition) is 4. The zero-order valence-electron chi connectivity index (χ0n) is 22.8. The van der Waals surface area contributed by atoms with Gasteiger partial charge in [-0.25, -0.2) is 0 Å². The van der Waals surface area contributed by atoms with Crippen molar-refractivity contribution in [3.05, 3.63) is 89.2 Å². The molecule has 1 aliphatic carbocycles. The third-order valence-electron chi connectivity index (χ3n) is 8.45. The Kier molecular flexibility index (Phi) is 7.93. The molecule has 10 nitrogen and oxygen atoms in total. The molecule has 2 fully saturated rings. The second-order valence-corrected chi connectivity index (χ2v) is 10.8. The monoisotopic (exact) mass is 570 g/mol. The molecule has 1 aromatic carbocycles. The summed E-state index contributed by atoms with van der Waals surface area (Å²) in [6, 6.07) is 15.3. The molecule has 2 aromatic heterocycles. The fourth-order valence-corrected chi connectivity index (χ4v) is 6.54. The van der Waals surface area contributed by atoms with Gasteiger partial charge in [0.15, 0.2) is 0 Å². The number of ether oxygens (including phenoxy) is 1. The lowest BCUT2D eigenvalue weighted by Gasteiger charge is -2.31. The Morgan fingerprint density at radius 2 is 1.88 bits per heavy atom. The van der Waals surface area contributed by atoms with E-state index in [0.717, 1.165) is 27.3 Å². The largest absolute Gasteiger partial charge is 0.488 e. The van der Waals surface area contributed by atoms with Gasteiger partial charge in [0.05, 0.1) is 42.5 Å². The summed E-state index contributed by atoms with van der Waals surface area (Å²) in [6.07, 6.45) is 4.64. The Bertz CT molecular complexity index is 1550. The van der Waals surface area contributed by atoms with Crippen LogP contribution in [0.2, 0.25) is 0 Å². The van der Waals surface area contributed by atoms with E-state index in [4.69, 9.17) is 9.15 Å². The van der Waals surface area contributed by atoms with Gasteiger partial charge in [-0.05, 0) is 83.9 Å². The van der Waals surface area contributed by atoms with Gasteiger partial charge in [0.25, 0.3) is 0 Å². The van der Waals surface area contributed by atoms with Crippen molar-refractivity contribution in [1.29, 1.82) is 0 Å². The standard InChI is InChI=1S/C31H31BN2O8/c35-15-19-13-24-29(31(38)34(30(24)37)21-5-3-4-20(14-21)32(39)40)25-17-41-27(28(19)25)10-7-18(26-6-1-2-11-33-26)12-22-8-9-23(16-36)42-22/h1-6,8-9,11-12,14,24-25,27,29,35-36,39-40H,7,10,13,15-17H2/b18-12-/t24-,25+,27-,29-/m1/s1. The van der Waals surface area contributed by atoms with Gasteiger partial charge in [0.1, 0.15) is 18.1 Å². The van der Waals surface area contributed by atoms with Gasteiger partial charge in [-0.15, -0.1) is 0 Å². The van der Waals surface area contributed by atoms with Gasteiger partial charge in [0, 0.05) is 12.1 Å². The number of allylic oxidation sites excluding steroid dienone is 1. The molecule has 4 heterocycles. The molecule has 0 radical (unpaired) electrons. The topological polar surface area (TPSA) is 154 Å². The summed E-state index contributed by atoms with van der Waals surface area (Å²) in [5.41, 5.74) is 3.78. The Balaban J connectivity index is 1.26. The van der Waals surface area contributed by atoms with E-state index in [0.29, 0.717) is 30.0 Å². The normalized spacial score (nSPS) is 23.9. The second kappa shape index (κ2) is 11.8. The molecular weight excluding hydrogens is 539 g/mol. The highest BCUT2D eigenvalue weighted by Crippen LogP contribution is 2.50. The third-order valence-corrected chi connectivity index (χ3v) is 8.45. The lowest BCUT2D eigenvalue weighted by atomic mass is 9.69. The molecule has 3 aliphatic rings. The number of aliphatic hydroxyl groups is 2. The molecule has 0 unspecified atom stereocenters. The smallest absolute Gasteiger partial charge is 0.459 e. The van der Waals surface area contributed by atoms with Crippen LogP contribution in [0.4, 0.5) is 5.69 Å². The van der Waals surface area contributed by atoms with E-state index in [9.17, 15) is 29.9 Å². The van der Waals surface area contributed by atoms with Crippen LogP contribution in [-0.4, -0.2) is 63.5 Å². The summed E-state index contributed by atoms with van der Waals surface area (Å²) < 4.78 is 11.9. The first kappa shape index (κ1) is 28.3. The fourth-order valence-electron chi connectivity index (χ4n) is 6.54. The quantitative estimate of drug-likeness (QED) is 0.171. The molecule has 216 valence electrons. The van der Waals surface area contributed by atoms with Crippen molar-refractivity contribution in [1.82, 2.24) is 4.98 Å². The summed E-state index contributed by atoms with van der Waals surface area (Å²) in [5.74, 6) is -1.24. The van der Waals surface area contributed by atoms with Gasteiger partial charge >= 0.3 is 7.12 Å². The van der Waals surface area contributed by atoms with E-state index in [1.807, 2.05) is 24.3 Å². The zero-order valence-corrected chi connectivity index (χ0v) is 22.8. The number of amides is 2. The van der Waals surface area contributed by atoms with Crippen molar-refractivity contribution in [2.24, 2.45) is 17.8 Å². The first-order chi connectivity index (χ1) is 20.4. The Labute approximate surface area is 242 Å². The van der Waals surface area contributed by atoms with Gasteiger partial charge < -0.3 is 29.4 Å². The fraction of sp³-hybridized carbons (Fsp3) is 0.323. The van der Waals surface area contributed by atoms with Gasteiger partial charge in [-0.1, -0.05) is 18.2 Å². The van der Waals surface area contributed by atoms with Crippen molar-refractivity contribution < 1.29 is 39.0 Å². The van der Waals surface area contributed by atoms with Crippen LogP contribution < -0.4 is 10.4 Å². The Morgan fingerprint density at radius 3 is 2.60 bits per heavy atom. The molecule has 2 amide bonds. The molecule has 4 N–H and O–H groups in total. The molecule has 3 aromatic rings. The third kappa shape index (κ3) is 5.14. The molecule has 0 saturated carbocycles. The highest BCUT2D eigenvalue weighted by molar-refractivity contribution is 6.58. The van der Waals surface area contributed by atoms with Crippen molar-refractivity contribution in [3.8, 4) is 0 Å². The number of pyridine rings is 1. The van der Waals surface area contributed by atoms with Crippen LogP contribution in [0.5, 0.6) is 0 Å². The van der Waals surface area contributed by atoms with Crippen molar-refractivity contribution >= 4 is 41.7 Å². The number of hydrogen-bond acceptors (Lipinski definition) is 9. The number of aromatic nitrogens is 1. The van der Waals surface area contributed by atoms with Crippen molar-refractivity contribution in [2.75, 3.05) is 18.1 Å². The van der Waals surface area contributed by atoms with Gasteiger partial charge in [-0.2, -0.15) is 0 Å². The number of fused-ring (bicyclic) bond motifs is 3. The van der Waals surface area contributed by atoms with E-state index in [-0.39, 0.29) is 55.5 Å². The summed E-state index contributed by atoms with van der Waals surface area (Å²) in [4.78, 5) is 32.9. The maximum absolute atomic E-state index is 13.8. The number of rotatable bonds is 9. The first-order valence-corrected chi connectivity index (χ1v) is 14.0. The predicted octanol–water partition coefficient (Wildman–Crippen LogP) is 1.68. The lowest BCUT2D eigenvalue weighted by molar-refractivity contribution is -0.122. The first-order valence-electron chi connectivity index (χ1n) is 14.0. The van der Waals surface area contributed by atoms with Gasteiger partial charge in [-0.3, -0.25) is 19.5 Å². The maximum Gasteiger partial charge on any atom is 0.488 e. The number of nitrogens with zero attached hydrogens (tertiary/aromatic N) is 2. The minimum atomic E-state index is -1.73. The number of carbonyl (C=O) groups excluding carboxylic acids is 2. The number of aliphatic hydroxyl groups excluding tert-OH is 2. The summed E-state index contributed by atoms with van der Waals surface area (Å²) >= 11 is 0. The molecule has 2 saturated heterocycles. The van der Waals surface area contributed by atoms with E-state index in [1.165, 1.54) is 12.1 Å². The van der Waals surface area contributed by atoms with Crippen LogP contribution in [-0.2, 0) is 20.9 Å². The van der Waals surface area contributed by atoms with E-state index >= 15 is 0 Å². The van der Waals surface area contributed by atoms with Crippen LogP contribution in [0.25, 0.3) is 11.6 Å². The lowest BCUT2D eigenvalue weighted by Crippen LogP contribution is -2.35. The van der Waals surface area contributed by atoms with Crippen molar-refractivity contribution in [2.45, 2.75) is 32.0 Å². The van der Waals surface area contributed by atoms with E-state index < -0.39 is 19.0 Å². The summed E-state index contributed by atoms with van der Waals surface area (Å²) in [6.45, 7) is -0.173. The van der Waals surface area contributed by atoms with Crippen LogP contribution in [0.1, 0.15) is 36.5 Å². The Morgan fingerprint density at radius 1 is 1.02 bits per heavy atom. The zero-order chi connectivity index (χ0) is 29.4. The summed E-state index contributed by atoms with van der Waals surface area (Å²) in [7, 11) is -1.73. The predicted molar refractivity (Wildman–Crippen MR) is 154 cm³/mol. The number of imide groups is 1. The van der Waals surface area contributed by atoms with Crippen LogP contribution >= 0.6 is 0 Å². The van der Waals surface area contributed by atoms with E-state index in [2.05, 4.69) is 4.98 Å². The van der Waals surface area contributed by atoms with E-state index in [1.54, 1.807) is 30.5 Å². The number of carbonyl (C=O) groups is 2. The van der Waals surface area contributed by atoms with Crippen LogP contribution in [0.15, 0.2) is 76.4 Å². The van der Waals surface area contributed by atoms with Crippen LogP contribution in [0, 0.1) is 17.8 Å². The molecule has 0 bridgehead atoms. The number of benzene rings is 1. The molecule has 0 spiro atoms. The average Bonchev–Trinajstić information content (AvgIpc) is 3.71. The minimum absolute atomic E-state index is 0.181. The highest BCUT2D eigenvalue weighted by Gasteiger charge is 2.57. The minimum Gasteiger partial charge on any atom is -0.459 e. The number of furan rings is 1. The molecule has 2 aliphatic heterocycles. The Hall–Kier alpha value is -3.87. The molecule has 6 rings (SSSR count). The SMILES string of the molecule is O=C1[C@@H]2[C@@H](CC(CO)=C3[C@@H](CC/C(=C/c4ccc(CO)o4)c4ccccn4)OC[C@@H]32)C(=O)N1c1cccc(B(O)O)c1.